The van der Waals surface area contributed by atoms with E-state index in [2.05, 4.69) is 15.6 Å². The molecule has 1 aliphatic rings. The van der Waals surface area contributed by atoms with Gasteiger partial charge in [-0.2, -0.15) is 4.98 Å². The van der Waals surface area contributed by atoms with Gasteiger partial charge in [0.1, 0.15) is 18.4 Å². The van der Waals surface area contributed by atoms with Gasteiger partial charge in [-0.25, -0.2) is 4.68 Å². The molecule has 0 spiro atoms. The Bertz CT molecular complexity index is 1610. The summed E-state index contributed by atoms with van der Waals surface area (Å²) in [6.07, 6.45) is 3.41. The second-order valence-electron chi connectivity index (χ2n) is 9.17. The first-order valence-electron chi connectivity index (χ1n) is 12.6. The van der Waals surface area contributed by atoms with Crippen LogP contribution in [0.15, 0.2) is 121 Å². The molecule has 192 valence electrons. The Labute approximate surface area is 226 Å². The number of benzene rings is 3. The van der Waals surface area contributed by atoms with Crippen LogP contribution in [0.2, 0.25) is 0 Å². The van der Waals surface area contributed by atoms with E-state index in [1.165, 1.54) is 0 Å². The van der Waals surface area contributed by atoms with Gasteiger partial charge in [0.05, 0.1) is 5.57 Å². The van der Waals surface area contributed by atoms with Gasteiger partial charge in [-0.1, -0.05) is 60.7 Å². The summed E-state index contributed by atoms with van der Waals surface area (Å²) in [5, 5.41) is 11.1. The molecule has 3 heterocycles. The Kier molecular flexibility index (Phi) is 6.57. The smallest absolute Gasteiger partial charge is 0.255 e. The molecular weight excluding hydrogens is 488 g/mol. The van der Waals surface area contributed by atoms with Crippen LogP contribution in [0.4, 0.5) is 11.6 Å². The number of hydrogen-bond acceptors (Lipinski definition) is 6. The van der Waals surface area contributed by atoms with Gasteiger partial charge >= 0.3 is 0 Å². The summed E-state index contributed by atoms with van der Waals surface area (Å²) < 4.78 is 7.76. The molecule has 0 bridgehead atoms. The van der Waals surface area contributed by atoms with Gasteiger partial charge in [0.25, 0.3) is 5.91 Å². The SMILES string of the molecule is CC1=C(C(=O)Nc2ccccc2)C(c2ccc(OCc3ccccc3)cc2)n2nc(-c3ccncc3)nc2N1. The van der Waals surface area contributed by atoms with Crippen molar-refractivity contribution >= 4 is 17.5 Å². The number of carbonyl (C=O) groups excluding carboxylic acids is 1. The van der Waals surface area contributed by atoms with Crippen LogP contribution in [0.5, 0.6) is 5.75 Å². The topological polar surface area (TPSA) is 94.0 Å². The number of para-hydroxylation sites is 1. The zero-order valence-corrected chi connectivity index (χ0v) is 21.3. The average Bonchev–Trinajstić information content (AvgIpc) is 3.41. The number of ether oxygens (including phenoxy) is 1. The molecule has 1 aliphatic heterocycles. The van der Waals surface area contributed by atoms with Crippen molar-refractivity contribution in [1.29, 1.82) is 0 Å². The highest BCUT2D eigenvalue weighted by molar-refractivity contribution is 6.06. The maximum atomic E-state index is 13.7. The fraction of sp³-hybridized carbons (Fsp3) is 0.0968. The number of anilines is 2. The molecule has 1 atom stereocenters. The van der Waals surface area contributed by atoms with Crippen LogP contribution in [0.1, 0.15) is 24.1 Å². The number of rotatable bonds is 7. The molecule has 3 aromatic carbocycles. The first-order valence-corrected chi connectivity index (χ1v) is 12.6. The molecule has 2 aromatic heterocycles. The van der Waals surface area contributed by atoms with Gasteiger partial charge in [0.15, 0.2) is 5.82 Å². The molecule has 1 amide bonds. The number of hydrogen-bond donors (Lipinski definition) is 2. The Balaban J connectivity index is 1.35. The van der Waals surface area contributed by atoms with Crippen LogP contribution in [0.3, 0.4) is 0 Å². The minimum atomic E-state index is -0.503. The molecular formula is C31H26N6O2. The van der Waals surface area contributed by atoms with E-state index in [0.717, 1.165) is 22.4 Å². The van der Waals surface area contributed by atoms with Crippen LogP contribution < -0.4 is 15.4 Å². The minimum absolute atomic E-state index is 0.216. The van der Waals surface area contributed by atoms with E-state index < -0.39 is 6.04 Å². The average molecular weight is 515 g/mol. The number of carbonyl (C=O) groups is 1. The molecule has 0 saturated heterocycles. The third kappa shape index (κ3) is 5.13. The summed E-state index contributed by atoms with van der Waals surface area (Å²) in [6.45, 7) is 2.36. The number of nitrogens with zero attached hydrogens (tertiary/aromatic N) is 4. The van der Waals surface area contributed by atoms with Gasteiger partial charge in [-0.3, -0.25) is 9.78 Å². The fourth-order valence-electron chi connectivity index (χ4n) is 4.58. The van der Waals surface area contributed by atoms with E-state index in [1.807, 2.05) is 104 Å². The monoisotopic (exact) mass is 514 g/mol. The molecule has 6 rings (SSSR count). The summed E-state index contributed by atoms with van der Waals surface area (Å²) in [4.78, 5) is 22.5. The molecule has 0 fully saturated rings. The lowest BCUT2D eigenvalue weighted by Gasteiger charge is -2.28. The van der Waals surface area contributed by atoms with Crippen molar-refractivity contribution in [2.75, 3.05) is 10.6 Å². The number of aromatic nitrogens is 4. The van der Waals surface area contributed by atoms with Crippen molar-refractivity contribution in [1.82, 2.24) is 19.7 Å². The molecule has 2 N–H and O–H groups in total. The molecule has 8 nitrogen and oxygen atoms in total. The van der Waals surface area contributed by atoms with Crippen molar-refractivity contribution in [3.63, 3.8) is 0 Å². The standard InChI is InChI=1S/C31H26N6O2/c1-21-27(30(38)34-25-10-6-3-7-11-25)28(37-31(33-21)35-29(36-37)24-16-18-32-19-17-24)23-12-14-26(15-13-23)39-20-22-8-4-2-5-9-22/h2-19,28H,20H2,1H3,(H,34,38)(H,33,35,36). The molecule has 0 saturated carbocycles. The molecule has 0 radical (unpaired) electrons. The zero-order chi connectivity index (χ0) is 26.6. The molecule has 39 heavy (non-hydrogen) atoms. The van der Waals surface area contributed by atoms with Crippen molar-refractivity contribution in [3.05, 3.63) is 132 Å². The first-order chi connectivity index (χ1) is 19.2. The highest BCUT2D eigenvalue weighted by Gasteiger charge is 2.34. The predicted octanol–water partition coefficient (Wildman–Crippen LogP) is 5.85. The van der Waals surface area contributed by atoms with Crippen LogP contribution in [-0.2, 0) is 11.4 Å². The van der Waals surface area contributed by atoms with E-state index in [0.29, 0.717) is 35.3 Å². The number of amides is 1. The van der Waals surface area contributed by atoms with Crippen LogP contribution in [-0.4, -0.2) is 25.7 Å². The largest absolute Gasteiger partial charge is 0.489 e. The summed E-state index contributed by atoms with van der Waals surface area (Å²) in [6, 6.07) is 30.4. The normalized spacial score (nSPS) is 14.3. The van der Waals surface area contributed by atoms with Gasteiger partial charge in [-0.05, 0) is 54.4 Å². The highest BCUT2D eigenvalue weighted by Crippen LogP contribution is 2.37. The summed E-state index contributed by atoms with van der Waals surface area (Å²) in [5.74, 6) is 1.63. The van der Waals surface area contributed by atoms with E-state index in [1.54, 1.807) is 17.1 Å². The number of pyridine rings is 1. The van der Waals surface area contributed by atoms with Crippen LogP contribution in [0, 0.1) is 0 Å². The summed E-state index contributed by atoms with van der Waals surface area (Å²) in [5.41, 5.74) is 4.79. The molecule has 0 aliphatic carbocycles. The third-order valence-electron chi connectivity index (χ3n) is 6.51. The van der Waals surface area contributed by atoms with Crippen molar-refractivity contribution < 1.29 is 9.53 Å². The van der Waals surface area contributed by atoms with E-state index in [-0.39, 0.29) is 5.91 Å². The maximum Gasteiger partial charge on any atom is 0.255 e. The van der Waals surface area contributed by atoms with Gasteiger partial charge < -0.3 is 15.4 Å². The number of nitrogens with one attached hydrogen (secondary N) is 2. The van der Waals surface area contributed by atoms with Crippen LogP contribution in [0.25, 0.3) is 11.4 Å². The third-order valence-corrected chi connectivity index (χ3v) is 6.51. The van der Waals surface area contributed by atoms with E-state index >= 15 is 0 Å². The Morgan fingerprint density at radius 1 is 0.923 bits per heavy atom. The second-order valence-corrected chi connectivity index (χ2v) is 9.17. The quantitative estimate of drug-likeness (QED) is 0.283. The first kappa shape index (κ1) is 24.1. The predicted molar refractivity (Wildman–Crippen MR) is 150 cm³/mol. The minimum Gasteiger partial charge on any atom is -0.489 e. The second kappa shape index (κ2) is 10.6. The highest BCUT2D eigenvalue weighted by atomic mass is 16.5. The summed E-state index contributed by atoms with van der Waals surface area (Å²) >= 11 is 0. The summed E-state index contributed by atoms with van der Waals surface area (Å²) in [7, 11) is 0. The fourth-order valence-corrected chi connectivity index (χ4v) is 4.58. The van der Waals surface area contributed by atoms with Crippen molar-refractivity contribution in [2.24, 2.45) is 0 Å². The Morgan fingerprint density at radius 2 is 1.62 bits per heavy atom. The Morgan fingerprint density at radius 3 is 2.33 bits per heavy atom. The number of allylic oxidation sites excluding steroid dienone is 1. The lowest BCUT2D eigenvalue weighted by atomic mass is 9.95. The molecule has 8 heteroatoms. The lowest BCUT2D eigenvalue weighted by molar-refractivity contribution is -0.113. The van der Waals surface area contributed by atoms with Gasteiger partial charge in [-0.15, -0.1) is 5.10 Å². The van der Waals surface area contributed by atoms with Gasteiger partial charge in [0, 0.05) is 29.3 Å². The van der Waals surface area contributed by atoms with Crippen molar-refractivity contribution in [3.8, 4) is 17.1 Å². The van der Waals surface area contributed by atoms with E-state index in [9.17, 15) is 4.79 Å². The molecule has 1 unspecified atom stereocenters. The number of fused-ring (bicyclic) bond motifs is 1. The zero-order valence-electron chi connectivity index (χ0n) is 21.3. The van der Waals surface area contributed by atoms with Crippen molar-refractivity contribution in [2.45, 2.75) is 19.6 Å². The Hall–Kier alpha value is -5.24. The lowest BCUT2D eigenvalue weighted by Crippen LogP contribution is -2.31. The maximum absolute atomic E-state index is 13.7. The van der Waals surface area contributed by atoms with Crippen LogP contribution >= 0.6 is 0 Å². The van der Waals surface area contributed by atoms with E-state index in [4.69, 9.17) is 14.8 Å². The van der Waals surface area contributed by atoms with Gasteiger partial charge in [0.2, 0.25) is 5.95 Å². The molecule has 5 aromatic rings.